The second-order valence-electron chi connectivity index (χ2n) is 5.95. The lowest BCUT2D eigenvalue weighted by Gasteiger charge is -2.11. The predicted octanol–water partition coefficient (Wildman–Crippen LogP) is 1.79. The van der Waals surface area contributed by atoms with Crippen LogP contribution in [0.15, 0.2) is 53.4 Å². The molecule has 0 bridgehead atoms. The van der Waals surface area contributed by atoms with Crippen molar-refractivity contribution in [3.63, 3.8) is 0 Å². The number of allylic oxidation sites excluding steroid dienone is 1. The molecular weight excluding hydrogens is 377 g/mol. The fourth-order valence-electron chi connectivity index (χ4n) is 2.44. The molecule has 0 radical (unpaired) electrons. The number of nitrogen functional groups attached to an aromatic ring is 1. The number of halogens is 1. The van der Waals surface area contributed by atoms with Crippen molar-refractivity contribution in [3.8, 4) is 0 Å². The van der Waals surface area contributed by atoms with Gasteiger partial charge in [0.2, 0.25) is 0 Å². The summed E-state index contributed by atoms with van der Waals surface area (Å²) in [6, 6.07) is 8.01. The zero-order chi connectivity index (χ0) is 20.6. The summed E-state index contributed by atoms with van der Waals surface area (Å²) in [5, 5.41) is 27.1. The standard InChI is InChI=1S/C19H20FN7O2/c20-13-4-2-1-3-12(13)10-24-17(16-5-8-29-27-16)9-14(21)18-25-11-15(22)19(26-18)23-6-7-28/h1-5,8-9,11,21,24,28H,6-7,10,22H2,(H,23,25,26)/b17-9-,21-14?. The maximum Gasteiger partial charge on any atom is 0.179 e. The molecular formula is C19H20FN7O2. The number of aromatic nitrogens is 3. The molecule has 0 atom stereocenters. The lowest BCUT2D eigenvalue weighted by molar-refractivity contribution is 0.311. The van der Waals surface area contributed by atoms with Crippen molar-refractivity contribution in [3.05, 3.63) is 71.8 Å². The Labute approximate surface area is 166 Å². The van der Waals surface area contributed by atoms with Crippen molar-refractivity contribution in [2.45, 2.75) is 6.54 Å². The quantitative estimate of drug-likeness (QED) is 0.344. The van der Waals surface area contributed by atoms with Crippen LogP contribution in [0.2, 0.25) is 0 Å². The van der Waals surface area contributed by atoms with Gasteiger partial charge in [-0.05, 0) is 12.1 Å². The number of rotatable bonds is 9. The number of nitrogens with one attached hydrogen (secondary N) is 3. The molecule has 0 aliphatic heterocycles. The predicted molar refractivity (Wildman–Crippen MR) is 107 cm³/mol. The maximum absolute atomic E-state index is 13.9. The van der Waals surface area contributed by atoms with E-state index in [0.29, 0.717) is 28.5 Å². The van der Waals surface area contributed by atoms with Crippen LogP contribution in [0.5, 0.6) is 0 Å². The molecule has 10 heteroatoms. The highest BCUT2D eigenvalue weighted by molar-refractivity contribution is 6.07. The SMILES string of the molecule is N=C(/C=C(\NCc1ccccc1F)c1ccon1)c1ncc(N)c(NCCO)n1. The van der Waals surface area contributed by atoms with Gasteiger partial charge in [0.25, 0.3) is 0 Å². The summed E-state index contributed by atoms with van der Waals surface area (Å²) in [6.45, 7) is 0.356. The van der Waals surface area contributed by atoms with Gasteiger partial charge in [-0.2, -0.15) is 0 Å². The topological polar surface area (TPSA) is 146 Å². The fourth-order valence-corrected chi connectivity index (χ4v) is 2.44. The largest absolute Gasteiger partial charge is 0.395 e. The molecule has 0 spiro atoms. The zero-order valence-electron chi connectivity index (χ0n) is 15.4. The molecule has 0 saturated heterocycles. The average Bonchev–Trinajstić information content (AvgIpc) is 3.26. The number of aliphatic hydroxyl groups excluding tert-OH is 1. The van der Waals surface area contributed by atoms with E-state index >= 15 is 0 Å². The molecule has 1 aromatic carbocycles. The Morgan fingerprint density at radius 3 is 2.86 bits per heavy atom. The Bertz CT molecular complexity index is 1010. The maximum atomic E-state index is 13.9. The van der Waals surface area contributed by atoms with E-state index in [2.05, 4.69) is 25.8 Å². The first kappa shape index (κ1) is 20.0. The monoisotopic (exact) mass is 397 g/mol. The summed E-state index contributed by atoms with van der Waals surface area (Å²) in [6.07, 6.45) is 4.25. The van der Waals surface area contributed by atoms with E-state index in [-0.39, 0.29) is 37.0 Å². The Morgan fingerprint density at radius 1 is 1.31 bits per heavy atom. The molecule has 0 aliphatic carbocycles. The van der Waals surface area contributed by atoms with Gasteiger partial charge < -0.3 is 26.0 Å². The number of nitrogens with two attached hydrogens (primary N) is 1. The van der Waals surface area contributed by atoms with E-state index in [1.807, 2.05) is 0 Å². The van der Waals surface area contributed by atoms with Crippen LogP contribution in [0.4, 0.5) is 15.9 Å². The molecule has 0 amide bonds. The minimum atomic E-state index is -0.337. The van der Waals surface area contributed by atoms with Crippen molar-refractivity contribution in [1.29, 1.82) is 5.41 Å². The number of anilines is 2. The van der Waals surface area contributed by atoms with Gasteiger partial charge in [-0.15, -0.1) is 0 Å². The highest BCUT2D eigenvalue weighted by Crippen LogP contribution is 2.16. The van der Waals surface area contributed by atoms with Crippen LogP contribution >= 0.6 is 0 Å². The van der Waals surface area contributed by atoms with Crippen molar-refractivity contribution < 1.29 is 14.0 Å². The molecule has 0 saturated carbocycles. The van der Waals surface area contributed by atoms with Crippen LogP contribution in [0.25, 0.3) is 5.70 Å². The van der Waals surface area contributed by atoms with Crippen molar-refractivity contribution in [2.75, 3.05) is 24.2 Å². The molecule has 150 valence electrons. The van der Waals surface area contributed by atoms with Gasteiger partial charge in [-0.25, -0.2) is 14.4 Å². The number of nitrogens with zero attached hydrogens (tertiary/aromatic N) is 3. The highest BCUT2D eigenvalue weighted by atomic mass is 19.1. The Hall–Kier alpha value is -3.79. The number of hydrogen-bond donors (Lipinski definition) is 5. The summed E-state index contributed by atoms with van der Waals surface area (Å²) in [7, 11) is 0. The normalized spacial score (nSPS) is 11.3. The molecule has 9 nitrogen and oxygen atoms in total. The summed E-state index contributed by atoms with van der Waals surface area (Å²) in [5.41, 5.74) is 7.44. The van der Waals surface area contributed by atoms with Crippen molar-refractivity contribution >= 4 is 22.9 Å². The number of aliphatic hydroxyl groups is 1. The molecule has 3 rings (SSSR count). The van der Waals surface area contributed by atoms with E-state index < -0.39 is 0 Å². The van der Waals surface area contributed by atoms with Crippen LogP contribution in [0.3, 0.4) is 0 Å². The van der Waals surface area contributed by atoms with Crippen LogP contribution in [-0.2, 0) is 6.54 Å². The minimum absolute atomic E-state index is 0.0175. The summed E-state index contributed by atoms with van der Waals surface area (Å²) in [4.78, 5) is 8.29. The van der Waals surface area contributed by atoms with Gasteiger partial charge in [0, 0.05) is 24.7 Å². The summed E-state index contributed by atoms with van der Waals surface area (Å²) in [5.74, 6) is 0.105. The first-order valence-corrected chi connectivity index (χ1v) is 8.74. The van der Waals surface area contributed by atoms with E-state index in [0.717, 1.165) is 0 Å². The average molecular weight is 397 g/mol. The number of benzene rings is 1. The highest BCUT2D eigenvalue weighted by Gasteiger charge is 2.12. The fraction of sp³-hybridized carbons (Fsp3) is 0.158. The summed E-state index contributed by atoms with van der Waals surface area (Å²) < 4.78 is 18.8. The van der Waals surface area contributed by atoms with Crippen LogP contribution in [-0.4, -0.2) is 39.1 Å². The van der Waals surface area contributed by atoms with E-state index in [1.165, 1.54) is 24.6 Å². The van der Waals surface area contributed by atoms with Crippen LogP contribution in [0.1, 0.15) is 17.1 Å². The Morgan fingerprint density at radius 2 is 2.14 bits per heavy atom. The molecule has 2 heterocycles. The molecule has 0 aliphatic rings. The Balaban J connectivity index is 1.84. The lowest BCUT2D eigenvalue weighted by atomic mass is 10.2. The third-order valence-electron chi connectivity index (χ3n) is 3.89. The second-order valence-corrected chi connectivity index (χ2v) is 5.95. The molecule has 2 aromatic heterocycles. The van der Waals surface area contributed by atoms with Gasteiger partial charge in [0.15, 0.2) is 11.6 Å². The second kappa shape index (κ2) is 9.42. The van der Waals surface area contributed by atoms with Crippen molar-refractivity contribution in [2.24, 2.45) is 0 Å². The lowest BCUT2D eigenvalue weighted by Crippen LogP contribution is -2.16. The van der Waals surface area contributed by atoms with Crippen LogP contribution in [0, 0.1) is 11.2 Å². The Kier molecular flexibility index (Phi) is 6.48. The van der Waals surface area contributed by atoms with Gasteiger partial charge in [-0.1, -0.05) is 23.4 Å². The van der Waals surface area contributed by atoms with E-state index in [9.17, 15) is 4.39 Å². The van der Waals surface area contributed by atoms with Crippen molar-refractivity contribution in [1.82, 2.24) is 20.4 Å². The summed E-state index contributed by atoms with van der Waals surface area (Å²) >= 11 is 0. The molecule has 0 fully saturated rings. The number of hydrogen-bond acceptors (Lipinski definition) is 9. The third kappa shape index (κ3) is 5.14. The minimum Gasteiger partial charge on any atom is -0.395 e. The first-order chi connectivity index (χ1) is 14.1. The first-order valence-electron chi connectivity index (χ1n) is 8.74. The van der Waals surface area contributed by atoms with Crippen LogP contribution < -0.4 is 16.4 Å². The molecule has 6 N–H and O–H groups in total. The molecule has 0 unspecified atom stereocenters. The molecule has 29 heavy (non-hydrogen) atoms. The zero-order valence-corrected chi connectivity index (χ0v) is 15.4. The molecule has 3 aromatic rings. The van der Waals surface area contributed by atoms with Gasteiger partial charge in [0.1, 0.15) is 23.5 Å². The smallest absolute Gasteiger partial charge is 0.179 e. The van der Waals surface area contributed by atoms with E-state index in [4.69, 9.17) is 20.8 Å². The van der Waals surface area contributed by atoms with Gasteiger partial charge in [0.05, 0.1) is 24.2 Å². The van der Waals surface area contributed by atoms with E-state index in [1.54, 1.807) is 24.3 Å². The van der Waals surface area contributed by atoms with Gasteiger partial charge in [-0.3, -0.25) is 5.41 Å². The third-order valence-corrected chi connectivity index (χ3v) is 3.89. The van der Waals surface area contributed by atoms with Gasteiger partial charge >= 0.3 is 0 Å².